The molecule has 0 spiro atoms. The Morgan fingerprint density at radius 2 is 1.88 bits per heavy atom. The summed E-state index contributed by atoms with van der Waals surface area (Å²) in [7, 11) is 3.45. The van der Waals surface area contributed by atoms with E-state index in [1.54, 1.807) is 14.2 Å². The fraction of sp³-hybridized carbons (Fsp3) is 0.667. The van der Waals surface area contributed by atoms with Crippen molar-refractivity contribution in [2.24, 2.45) is 10.9 Å². The molecule has 1 N–H and O–H groups in total. The molecule has 9 heteroatoms. The molecule has 0 atom stereocenters. The fourth-order valence-electron chi connectivity index (χ4n) is 3.87. The van der Waals surface area contributed by atoms with Gasteiger partial charge in [-0.05, 0) is 50.6 Å². The Bertz CT molecular complexity index is 735. The largest absolute Gasteiger partial charge is 0.493 e. The Labute approximate surface area is 216 Å². The van der Waals surface area contributed by atoms with Gasteiger partial charge in [-0.2, -0.15) is 0 Å². The minimum absolute atomic E-state index is 0. The van der Waals surface area contributed by atoms with Crippen molar-refractivity contribution < 1.29 is 19.0 Å². The van der Waals surface area contributed by atoms with Crippen molar-refractivity contribution in [3.05, 3.63) is 23.8 Å². The number of hydrogen-bond donors (Lipinski definition) is 1. The van der Waals surface area contributed by atoms with Gasteiger partial charge in [-0.15, -0.1) is 24.0 Å². The summed E-state index contributed by atoms with van der Waals surface area (Å²) in [4.78, 5) is 20.9. The van der Waals surface area contributed by atoms with Gasteiger partial charge >= 0.3 is 5.97 Å². The number of guanidine groups is 1. The highest BCUT2D eigenvalue weighted by Gasteiger charge is 2.27. The maximum absolute atomic E-state index is 12.0. The molecule has 0 bridgehead atoms. The first-order valence-corrected chi connectivity index (χ1v) is 11.7. The van der Waals surface area contributed by atoms with E-state index in [4.69, 9.17) is 14.2 Å². The lowest BCUT2D eigenvalue weighted by molar-refractivity contribution is -0.149. The molecule has 1 fully saturated rings. The molecule has 2 rings (SSSR count). The van der Waals surface area contributed by atoms with E-state index in [0.717, 1.165) is 68.6 Å². The molecular weight excluding hydrogens is 535 g/mol. The predicted octanol–water partition coefficient (Wildman–Crippen LogP) is 3.38. The van der Waals surface area contributed by atoms with Crippen molar-refractivity contribution in [2.45, 2.75) is 40.2 Å². The molecular formula is C24H41IN4O4. The summed E-state index contributed by atoms with van der Waals surface area (Å²) in [5.74, 6) is 2.23. The van der Waals surface area contributed by atoms with Crippen molar-refractivity contribution in [1.82, 2.24) is 15.1 Å². The van der Waals surface area contributed by atoms with Crippen LogP contribution in [0.25, 0.3) is 0 Å². The van der Waals surface area contributed by atoms with Crippen LogP contribution in [0.3, 0.4) is 0 Å². The number of ether oxygens (including phenoxy) is 3. The van der Waals surface area contributed by atoms with E-state index in [2.05, 4.69) is 34.0 Å². The van der Waals surface area contributed by atoms with Crippen LogP contribution in [0.15, 0.2) is 23.2 Å². The summed E-state index contributed by atoms with van der Waals surface area (Å²) in [6.07, 6.45) is 1.57. The second-order valence-corrected chi connectivity index (χ2v) is 7.77. The monoisotopic (exact) mass is 576 g/mol. The number of aliphatic imine (C=N–C) groups is 1. The Morgan fingerprint density at radius 3 is 2.45 bits per heavy atom. The molecule has 0 radical (unpaired) electrons. The highest BCUT2D eigenvalue weighted by atomic mass is 127. The number of nitrogens with one attached hydrogen (secondary N) is 1. The molecule has 0 amide bonds. The van der Waals surface area contributed by atoms with Crippen LogP contribution >= 0.6 is 24.0 Å². The Hall–Kier alpha value is -1.75. The van der Waals surface area contributed by atoms with Gasteiger partial charge in [0.05, 0.1) is 19.6 Å². The first kappa shape index (κ1) is 29.3. The fourth-order valence-corrected chi connectivity index (χ4v) is 3.87. The zero-order valence-electron chi connectivity index (χ0n) is 20.8. The molecule has 1 aromatic rings. The lowest BCUT2D eigenvalue weighted by atomic mass is 9.97. The number of likely N-dealkylation sites (tertiary alicyclic amines) is 1. The van der Waals surface area contributed by atoms with Gasteiger partial charge in [0, 0.05) is 33.2 Å². The summed E-state index contributed by atoms with van der Waals surface area (Å²) in [6, 6.07) is 6.01. The van der Waals surface area contributed by atoms with Crippen LogP contribution in [0.2, 0.25) is 0 Å². The van der Waals surface area contributed by atoms with Crippen LogP contribution in [0.4, 0.5) is 0 Å². The van der Waals surface area contributed by atoms with Gasteiger partial charge in [0.2, 0.25) is 0 Å². The van der Waals surface area contributed by atoms with Crippen LogP contribution in [0.1, 0.15) is 39.2 Å². The van der Waals surface area contributed by atoms with Crippen LogP contribution < -0.4 is 14.8 Å². The Morgan fingerprint density at radius 1 is 1.18 bits per heavy atom. The van der Waals surface area contributed by atoms with Gasteiger partial charge in [-0.25, -0.2) is 0 Å². The number of esters is 1. The molecule has 8 nitrogen and oxygen atoms in total. The molecule has 1 aromatic carbocycles. The summed E-state index contributed by atoms with van der Waals surface area (Å²) in [6.45, 7) is 12.3. The van der Waals surface area contributed by atoms with Crippen molar-refractivity contribution in [3.63, 3.8) is 0 Å². The van der Waals surface area contributed by atoms with Crippen molar-refractivity contribution >= 4 is 35.9 Å². The van der Waals surface area contributed by atoms with Crippen LogP contribution in [-0.2, 0) is 16.1 Å². The van der Waals surface area contributed by atoms with E-state index in [9.17, 15) is 4.79 Å². The lowest BCUT2D eigenvalue weighted by Gasteiger charge is -2.33. The molecule has 188 valence electrons. The predicted molar refractivity (Wildman–Crippen MR) is 143 cm³/mol. The van der Waals surface area contributed by atoms with Gasteiger partial charge < -0.3 is 29.3 Å². The second kappa shape index (κ2) is 16.0. The van der Waals surface area contributed by atoms with Crippen molar-refractivity contribution in [2.75, 3.05) is 60.1 Å². The van der Waals surface area contributed by atoms with E-state index < -0.39 is 0 Å². The smallest absolute Gasteiger partial charge is 0.309 e. The average molecular weight is 577 g/mol. The zero-order valence-corrected chi connectivity index (χ0v) is 23.1. The SMILES string of the molecule is CCOC(=O)C1CCN(C(=NC)NCc2ccc(OCCN(CC)CC)c(OC)c2)CC1.I. The minimum Gasteiger partial charge on any atom is -0.493 e. The molecule has 1 saturated heterocycles. The lowest BCUT2D eigenvalue weighted by Crippen LogP contribution is -2.46. The summed E-state index contributed by atoms with van der Waals surface area (Å²) < 4.78 is 16.7. The molecule has 1 heterocycles. The molecule has 33 heavy (non-hydrogen) atoms. The number of halogens is 1. The van der Waals surface area contributed by atoms with Gasteiger partial charge in [-0.3, -0.25) is 9.79 Å². The topological polar surface area (TPSA) is 75.6 Å². The number of likely N-dealkylation sites (N-methyl/N-ethyl adjacent to an activating group) is 1. The number of piperidine rings is 1. The number of methoxy groups -OCH3 is 1. The van der Waals surface area contributed by atoms with E-state index in [1.165, 1.54) is 0 Å². The third-order valence-corrected chi connectivity index (χ3v) is 5.86. The zero-order chi connectivity index (χ0) is 23.3. The summed E-state index contributed by atoms with van der Waals surface area (Å²) in [5.41, 5.74) is 1.08. The van der Waals surface area contributed by atoms with Crippen LogP contribution in [0, 0.1) is 5.92 Å². The molecule has 0 unspecified atom stereocenters. The molecule has 1 aliphatic rings. The maximum atomic E-state index is 12.0. The summed E-state index contributed by atoms with van der Waals surface area (Å²) >= 11 is 0. The molecule has 0 aliphatic carbocycles. The van der Waals surface area contributed by atoms with Gasteiger partial charge in [0.1, 0.15) is 6.61 Å². The molecule has 1 aliphatic heterocycles. The van der Waals surface area contributed by atoms with E-state index in [-0.39, 0.29) is 35.9 Å². The van der Waals surface area contributed by atoms with E-state index in [0.29, 0.717) is 19.8 Å². The number of carbonyl (C=O) groups is 1. The number of nitrogens with zero attached hydrogens (tertiary/aromatic N) is 3. The van der Waals surface area contributed by atoms with Crippen LogP contribution in [0.5, 0.6) is 11.5 Å². The number of benzene rings is 1. The average Bonchev–Trinajstić information content (AvgIpc) is 2.83. The first-order chi connectivity index (χ1) is 15.6. The molecule has 0 saturated carbocycles. The maximum Gasteiger partial charge on any atom is 0.309 e. The number of carbonyl (C=O) groups excluding carboxylic acids is 1. The number of rotatable bonds is 11. The second-order valence-electron chi connectivity index (χ2n) is 7.77. The number of hydrogen-bond acceptors (Lipinski definition) is 6. The quantitative estimate of drug-likeness (QED) is 0.187. The highest BCUT2D eigenvalue weighted by Crippen LogP contribution is 2.28. The highest BCUT2D eigenvalue weighted by molar-refractivity contribution is 14.0. The molecule has 0 aromatic heterocycles. The third kappa shape index (κ3) is 9.19. The standard InChI is InChI=1S/C24H40N4O4.HI/c1-6-27(7-2)15-16-32-21-10-9-19(17-22(21)30-5)18-26-24(25-4)28-13-11-20(12-14-28)23(29)31-8-3;/h9-10,17,20H,6-8,11-16,18H2,1-5H3,(H,25,26);1H. The minimum atomic E-state index is -0.0819. The Kier molecular flexibility index (Phi) is 14.2. The van der Waals surface area contributed by atoms with Gasteiger partial charge in [0.25, 0.3) is 0 Å². The summed E-state index contributed by atoms with van der Waals surface area (Å²) in [5, 5.41) is 3.43. The van der Waals surface area contributed by atoms with E-state index in [1.807, 2.05) is 25.1 Å². The van der Waals surface area contributed by atoms with Crippen LogP contribution in [-0.4, -0.2) is 81.8 Å². The first-order valence-electron chi connectivity index (χ1n) is 11.7. The third-order valence-electron chi connectivity index (χ3n) is 5.86. The van der Waals surface area contributed by atoms with Gasteiger partial charge in [-0.1, -0.05) is 19.9 Å². The van der Waals surface area contributed by atoms with E-state index >= 15 is 0 Å². The Balaban J connectivity index is 0.00000544. The normalized spacial score (nSPS) is 14.6. The van der Waals surface area contributed by atoms with Gasteiger partial charge in [0.15, 0.2) is 17.5 Å². The van der Waals surface area contributed by atoms with Crippen molar-refractivity contribution in [3.8, 4) is 11.5 Å². The van der Waals surface area contributed by atoms with Crippen molar-refractivity contribution in [1.29, 1.82) is 0 Å².